The van der Waals surface area contributed by atoms with Crippen molar-refractivity contribution in [1.29, 1.82) is 0 Å². The number of anilines is 1. The normalized spacial score (nSPS) is 10.9. The highest BCUT2D eigenvalue weighted by Gasteiger charge is 2.19. The third kappa shape index (κ3) is 2.29. The molecule has 0 aliphatic carbocycles. The first-order chi connectivity index (χ1) is 10.7. The Hall–Kier alpha value is -2.55. The molecule has 0 radical (unpaired) electrons. The number of fused-ring (bicyclic) bond motifs is 1. The van der Waals surface area contributed by atoms with Crippen molar-refractivity contribution in [3.8, 4) is 22.9 Å². The number of nitrogen functional groups attached to an aromatic ring is 1. The number of benzene rings is 1. The molecular weight excluding hydrogens is 304 g/mol. The van der Waals surface area contributed by atoms with Crippen LogP contribution in [0.2, 0.25) is 0 Å². The van der Waals surface area contributed by atoms with Crippen molar-refractivity contribution >= 4 is 23.5 Å². The smallest absolute Gasteiger partial charge is 0.258 e. The Morgan fingerprint density at radius 3 is 2.36 bits per heavy atom. The van der Waals surface area contributed by atoms with Gasteiger partial charge in [0.15, 0.2) is 11.0 Å². The third-order valence-electron chi connectivity index (χ3n) is 3.05. The lowest BCUT2D eigenvalue weighted by atomic mass is 10.1. The lowest BCUT2D eigenvalue weighted by molar-refractivity contribution is 0.397. The number of ether oxygens (including phenoxy) is 2. The van der Waals surface area contributed by atoms with E-state index < -0.39 is 0 Å². The van der Waals surface area contributed by atoms with Crippen molar-refractivity contribution in [2.75, 3.05) is 26.2 Å². The molecule has 0 amide bonds. The molecule has 0 unspecified atom stereocenters. The zero-order valence-electron chi connectivity index (χ0n) is 12.3. The average Bonchev–Trinajstić information content (AvgIpc) is 2.98. The molecule has 2 aromatic heterocycles. The zero-order chi connectivity index (χ0) is 15.7. The minimum absolute atomic E-state index is 0.224. The molecule has 0 spiro atoms. The maximum atomic E-state index is 5.90. The molecule has 22 heavy (non-hydrogen) atoms. The maximum Gasteiger partial charge on any atom is 0.258 e. The van der Waals surface area contributed by atoms with Crippen LogP contribution in [0.25, 0.3) is 17.2 Å². The number of rotatable bonds is 4. The summed E-state index contributed by atoms with van der Waals surface area (Å²) in [7, 11) is 3.15. The fourth-order valence-electron chi connectivity index (χ4n) is 2.05. The van der Waals surface area contributed by atoms with Crippen LogP contribution in [-0.4, -0.2) is 45.0 Å². The number of hydrogen-bond donors (Lipinski definition) is 1. The van der Waals surface area contributed by atoms with E-state index in [-0.39, 0.29) is 5.95 Å². The summed E-state index contributed by atoms with van der Waals surface area (Å²) in [6.45, 7) is 0. The second kappa shape index (κ2) is 5.68. The largest absolute Gasteiger partial charge is 0.496 e. The number of methoxy groups -OCH3 is 2. The summed E-state index contributed by atoms with van der Waals surface area (Å²) < 4.78 is 12.1. The van der Waals surface area contributed by atoms with E-state index in [2.05, 4.69) is 20.1 Å². The fraction of sp³-hybridized carbons (Fsp3) is 0.231. The van der Waals surface area contributed by atoms with Crippen LogP contribution in [0.3, 0.4) is 0 Å². The van der Waals surface area contributed by atoms with Crippen LogP contribution in [0, 0.1) is 0 Å². The minimum atomic E-state index is 0.224. The van der Waals surface area contributed by atoms with E-state index in [9.17, 15) is 0 Å². The molecule has 3 rings (SSSR count). The first-order valence-corrected chi connectivity index (χ1v) is 7.56. The Kier molecular flexibility index (Phi) is 3.72. The molecule has 9 heteroatoms. The summed E-state index contributed by atoms with van der Waals surface area (Å²) in [6.07, 6.45) is 1.87. The highest BCUT2D eigenvalue weighted by Crippen LogP contribution is 2.36. The SMILES string of the molecule is COc1cccc(OC)c1-c1nc2nc(SC)nc(N)n2n1. The lowest BCUT2D eigenvalue weighted by Gasteiger charge is -2.09. The topological polar surface area (TPSA) is 100 Å². The summed E-state index contributed by atoms with van der Waals surface area (Å²) in [4.78, 5) is 12.8. The van der Waals surface area contributed by atoms with Crippen molar-refractivity contribution in [3.05, 3.63) is 18.2 Å². The average molecular weight is 318 g/mol. The molecule has 0 atom stereocenters. The van der Waals surface area contributed by atoms with Crippen molar-refractivity contribution < 1.29 is 9.47 Å². The molecule has 0 fully saturated rings. The molecule has 0 aliphatic heterocycles. The van der Waals surface area contributed by atoms with Crippen molar-refractivity contribution in [1.82, 2.24) is 24.6 Å². The number of hydrogen-bond acceptors (Lipinski definition) is 8. The standard InChI is InChI=1S/C13H14N6O2S/c1-20-7-5-4-6-8(21-2)9(7)10-15-12-17-13(22-3)16-11(14)19(12)18-10/h4-6H,1-3H3,(H2,14,15,16,17,18). The Morgan fingerprint density at radius 2 is 1.77 bits per heavy atom. The highest BCUT2D eigenvalue weighted by molar-refractivity contribution is 7.98. The van der Waals surface area contributed by atoms with Crippen LogP contribution in [0.5, 0.6) is 11.5 Å². The van der Waals surface area contributed by atoms with Crippen molar-refractivity contribution in [3.63, 3.8) is 0 Å². The Labute approximate surface area is 130 Å². The van der Waals surface area contributed by atoms with Gasteiger partial charge < -0.3 is 15.2 Å². The molecule has 0 aliphatic rings. The van der Waals surface area contributed by atoms with Gasteiger partial charge in [0.25, 0.3) is 5.78 Å². The van der Waals surface area contributed by atoms with Crippen molar-refractivity contribution in [2.45, 2.75) is 5.16 Å². The summed E-state index contributed by atoms with van der Waals surface area (Å²) >= 11 is 1.39. The Morgan fingerprint density at radius 1 is 1.09 bits per heavy atom. The first-order valence-electron chi connectivity index (χ1n) is 6.33. The molecule has 114 valence electrons. The minimum Gasteiger partial charge on any atom is -0.496 e. The van der Waals surface area contributed by atoms with E-state index in [0.717, 1.165) is 0 Å². The van der Waals surface area contributed by atoms with Gasteiger partial charge in [0, 0.05) is 0 Å². The van der Waals surface area contributed by atoms with Gasteiger partial charge in [0.2, 0.25) is 5.95 Å². The van der Waals surface area contributed by atoms with Crippen LogP contribution >= 0.6 is 11.8 Å². The molecule has 2 N–H and O–H groups in total. The van der Waals surface area contributed by atoms with Crippen LogP contribution in [0.4, 0.5) is 5.95 Å². The summed E-state index contributed by atoms with van der Waals surface area (Å²) in [6, 6.07) is 5.45. The fourth-order valence-corrected chi connectivity index (χ4v) is 2.41. The summed E-state index contributed by atoms with van der Waals surface area (Å²) in [5.74, 6) is 2.22. The predicted molar refractivity (Wildman–Crippen MR) is 83.3 cm³/mol. The van der Waals surface area contributed by atoms with Gasteiger partial charge in [-0.3, -0.25) is 0 Å². The van der Waals surface area contributed by atoms with E-state index in [1.165, 1.54) is 16.3 Å². The Bertz CT molecular complexity index is 813. The van der Waals surface area contributed by atoms with E-state index in [1.807, 2.05) is 24.5 Å². The molecule has 0 saturated heterocycles. The predicted octanol–water partition coefficient (Wildman–Crippen LogP) is 1.51. The second-order valence-electron chi connectivity index (χ2n) is 4.25. The monoisotopic (exact) mass is 318 g/mol. The van der Waals surface area contributed by atoms with Gasteiger partial charge >= 0.3 is 0 Å². The Balaban J connectivity index is 2.25. The molecule has 3 aromatic rings. The van der Waals surface area contributed by atoms with Crippen LogP contribution in [0.1, 0.15) is 0 Å². The zero-order valence-corrected chi connectivity index (χ0v) is 13.1. The molecule has 1 aromatic carbocycles. The van der Waals surface area contributed by atoms with E-state index in [0.29, 0.717) is 33.8 Å². The van der Waals surface area contributed by atoms with Gasteiger partial charge in [-0.15, -0.1) is 5.10 Å². The summed E-state index contributed by atoms with van der Waals surface area (Å²) in [5.41, 5.74) is 6.54. The quantitative estimate of drug-likeness (QED) is 0.722. The van der Waals surface area contributed by atoms with Gasteiger partial charge in [-0.05, 0) is 18.4 Å². The maximum absolute atomic E-state index is 5.90. The molecule has 2 heterocycles. The third-order valence-corrected chi connectivity index (χ3v) is 3.59. The number of aromatic nitrogens is 5. The first kappa shape index (κ1) is 14.4. The van der Waals surface area contributed by atoms with Gasteiger partial charge in [0.05, 0.1) is 14.2 Å². The highest BCUT2D eigenvalue weighted by atomic mass is 32.2. The number of nitrogens with two attached hydrogens (primary N) is 1. The molecule has 8 nitrogen and oxygen atoms in total. The van der Waals surface area contributed by atoms with Gasteiger partial charge in [-0.1, -0.05) is 17.8 Å². The van der Waals surface area contributed by atoms with E-state index in [1.54, 1.807) is 14.2 Å². The summed E-state index contributed by atoms with van der Waals surface area (Å²) in [5, 5.41) is 4.90. The molecular formula is C13H14N6O2S. The van der Waals surface area contributed by atoms with Gasteiger partial charge in [-0.25, -0.2) is 0 Å². The van der Waals surface area contributed by atoms with E-state index in [4.69, 9.17) is 15.2 Å². The van der Waals surface area contributed by atoms with Gasteiger partial charge in [0.1, 0.15) is 17.1 Å². The van der Waals surface area contributed by atoms with Crippen LogP contribution in [0.15, 0.2) is 23.4 Å². The lowest BCUT2D eigenvalue weighted by Crippen LogP contribution is -2.04. The van der Waals surface area contributed by atoms with E-state index >= 15 is 0 Å². The second-order valence-corrected chi connectivity index (χ2v) is 5.03. The van der Waals surface area contributed by atoms with Gasteiger partial charge in [-0.2, -0.15) is 19.5 Å². The van der Waals surface area contributed by atoms with Crippen molar-refractivity contribution in [2.24, 2.45) is 0 Å². The molecule has 0 saturated carbocycles. The van der Waals surface area contributed by atoms with Crippen LogP contribution in [-0.2, 0) is 0 Å². The number of nitrogens with zero attached hydrogens (tertiary/aromatic N) is 5. The number of thioether (sulfide) groups is 1. The van der Waals surface area contributed by atoms with Crippen LogP contribution < -0.4 is 15.2 Å². The molecule has 0 bridgehead atoms.